The fraction of sp³-hybridized carbons (Fsp3) is 0.300. The Bertz CT molecular complexity index is 353. The van der Waals surface area contributed by atoms with E-state index in [2.05, 4.69) is 20.7 Å². The summed E-state index contributed by atoms with van der Waals surface area (Å²) in [6.07, 6.45) is 0. The van der Waals surface area contributed by atoms with Crippen LogP contribution in [0.3, 0.4) is 0 Å². The molecular formula is C10H9BrF2O2. The first kappa shape index (κ1) is 12.1. The van der Waals surface area contributed by atoms with Crippen molar-refractivity contribution in [1.82, 2.24) is 0 Å². The maximum atomic E-state index is 12.0. The van der Waals surface area contributed by atoms with Crippen molar-refractivity contribution in [2.45, 2.75) is 18.4 Å². The number of carbonyl (C=O) groups excluding carboxylic acids is 1. The van der Waals surface area contributed by atoms with E-state index in [9.17, 15) is 13.6 Å². The molecule has 2 nitrogen and oxygen atoms in total. The van der Waals surface area contributed by atoms with E-state index < -0.39 is 11.4 Å². The summed E-state index contributed by atoms with van der Waals surface area (Å²) in [4.78, 5) is 11.1. The van der Waals surface area contributed by atoms with E-state index >= 15 is 0 Å². The van der Waals surface area contributed by atoms with Gasteiger partial charge >= 0.3 is 6.61 Å². The second-order valence-electron chi connectivity index (χ2n) is 2.85. The molecule has 82 valence electrons. The topological polar surface area (TPSA) is 26.3 Å². The van der Waals surface area contributed by atoms with Crippen molar-refractivity contribution in [2.75, 3.05) is 0 Å². The lowest BCUT2D eigenvalue weighted by atomic mass is 10.1. The van der Waals surface area contributed by atoms with Gasteiger partial charge in [0.25, 0.3) is 0 Å². The highest BCUT2D eigenvalue weighted by molar-refractivity contribution is 9.10. The van der Waals surface area contributed by atoms with Gasteiger partial charge in [0.15, 0.2) is 5.78 Å². The highest BCUT2D eigenvalue weighted by atomic mass is 79.9. The van der Waals surface area contributed by atoms with Crippen LogP contribution in [0, 0.1) is 0 Å². The number of rotatable bonds is 4. The summed E-state index contributed by atoms with van der Waals surface area (Å²) >= 11 is 3.08. The molecule has 15 heavy (non-hydrogen) atoms. The van der Waals surface area contributed by atoms with Gasteiger partial charge in [0.2, 0.25) is 0 Å². The van der Waals surface area contributed by atoms with Gasteiger partial charge in [-0.3, -0.25) is 4.79 Å². The van der Waals surface area contributed by atoms with Gasteiger partial charge in [-0.25, -0.2) is 0 Å². The third kappa shape index (κ3) is 3.27. The van der Waals surface area contributed by atoms with Gasteiger partial charge in [0.1, 0.15) is 5.75 Å². The summed E-state index contributed by atoms with van der Waals surface area (Å²) in [5.74, 6) is -0.380. The van der Waals surface area contributed by atoms with Crippen molar-refractivity contribution in [1.29, 1.82) is 0 Å². The van der Waals surface area contributed by atoms with E-state index in [1.54, 1.807) is 13.0 Å². The number of hydrogen-bond donors (Lipinski definition) is 0. The number of ether oxygens (including phenoxy) is 1. The first-order valence-electron chi connectivity index (χ1n) is 4.24. The highest BCUT2D eigenvalue weighted by Crippen LogP contribution is 2.23. The molecule has 0 heterocycles. The third-order valence-electron chi connectivity index (χ3n) is 1.73. The van der Waals surface area contributed by atoms with Crippen molar-refractivity contribution in [3.05, 3.63) is 29.8 Å². The molecule has 0 aliphatic heterocycles. The zero-order valence-corrected chi connectivity index (χ0v) is 9.50. The first-order valence-corrected chi connectivity index (χ1v) is 5.16. The fourth-order valence-corrected chi connectivity index (χ4v) is 1.33. The molecule has 0 aromatic heterocycles. The molecule has 0 aliphatic rings. The molecule has 0 saturated carbocycles. The molecule has 0 N–H and O–H groups in total. The van der Waals surface area contributed by atoms with Crippen molar-refractivity contribution in [3.63, 3.8) is 0 Å². The number of carbonyl (C=O) groups is 1. The summed E-state index contributed by atoms with van der Waals surface area (Å²) in [5.41, 5.74) is 0.155. The third-order valence-corrected chi connectivity index (χ3v) is 2.15. The Labute approximate surface area is 94.4 Å². The Morgan fingerprint density at radius 1 is 1.40 bits per heavy atom. The standard InChI is InChI=1S/C10H9BrF2O2/c1-6(11)9(14)7-4-2-3-5-8(7)15-10(12)13/h2-6,10H,1H3. The number of benzene rings is 1. The van der Waals surface area contributed by atoms with E-state index in [0.717, 1.165) is 0 Å². The summed E-state index contributed by atoms with van der Waals surface area (Å²) in [6.45, 7) is -1.30. The summed E-state index contributed by atoms with van der Waals surface area (Å²) in [5, 5.41) is 0. The van der Waals surface area contributed by atoms with Crippen LogP contribution in [-0.4, -0.2) is 17.2 Å². The summed E-state index contributed by atoms with van der Waals surface area (Å²) in [7, 11) is 0. The predicted molar refractivity (Wildman–Crippen MR) is 55.8 cm³/mol. The van der Waals surface area contributed by atoms with Crippen molar-refractivity contribution in [3.8, 4) is 5.75 Å². The van der Waals surface area contributed by atoms with Crippen molar-refractivity contribution < 1.29 is 18.3 Å². The number of ketones is 1. The number of Topliss-reactive ketones (excluding diaryl/α,β-unsaturated/α-hetero) is 1. The van der Waals surface area contributed by atoms with E-state index in [4.69, 9.17) is 0 Å². The molecule has 0 bridgehead atoms. The Kier molecular flexibility index (Phi) is 4.20. The van der Waals surface area contributed by atoms with Crippen LogP contribution < -0.4 is 4.74 Å². The lowest BCUT2D eigenvalue weighted by Crippen LogP contribution is -2.13. The predicted octanol–water partition coefficient (Wildman–Crippen LogP) is 3.25. The average Bonchev–Trinajstić information content (AvgIpc) is 2.16. The molecule has 1 aromatic rings. The minimum Gasteiger partial charge on any atom is -0.434 e. The Morgan fingerprint density at radius 2 is 2.00 bits per heavy atom. The molecule has 0 aliphatic carbocycles. The van der Waals surface area contributed by atoms with Gasteiger partial charge in [0, 0.05) is 0 Å². The molecule has 1 rings (SSSR count). The molecule has 1 aromatic carbocycles. The van der Waals surface area contributed by atoms with Crippen LogP contribution in [-0.2, 0) is 0 Å². The minimum atomic E-state index is -2.93. The maximum Gasteiger partial charge on any atom is 0.387 e. The van der Waals surface area contributed by atoms with Crippen molar-refractivity contribution >= 4 is 21.7 Å². The van der Waals surface area contributed by atoms with Crippen LogP contribution >= 0.6 is 15.9 Å². The van der Waals surface area contributed by atoms with Crippen LogP contribution in [0.4, 0.5) is 8.78 Å². The second kappa shape index (κ2) is 5.21. The van der Waals surface area contributed by atoms with Gasteiger partial charge in [-0.1, -0.05) is 28.1 Å². The van der Waals surface area contributed by atoms with Crippen LogP contribution in [0.15, 0.2) is 24.3 Å². The monoisotopic (exact) mass is 278 g/mol. The van der Waals surface area contributed by atoms with Crippen LogP contribution in [0.1, 0.15) is 17.3 Å². The SMILES string of the molecule is CC(Br)C(=O)c1ccccc1OC(F)F. The lowest BCUT2D eigenvalue weighted by Gasteiger charge is -2.10. The summed E-state index contributed by atoms with van der Waals surface area (Å²) < 4.78 is 28.3. The molecule has 0 fully saturated rings. The van der Waals surface area contributed by atoms with Gasteiger partial charge < -0.3 is 4.74 Å². The zero-order chi connectivity index (χ0) is 11.4. The molecule has 0 amide bonds. The zero-order valence-electron chi connectivity index (χ0n) is 7.91. The molecule has 0 saturated heterocycles. The Balaban J connectivity index is 3.01. The van der Waals surface area contributed by atoms with E-state index in [1.807, 2.05) is 0 Å². The van der Waals surface area contributed by atoms with Crippen LogP contribution in [0.2, 0.25) is 0 Å². The minimum absolute atomic E-state index is 0.0937. The summed E-state index contributed by atoms with van der Waals surface area (Å²) in [6, 6.07) is 5.93. The normalized spacial score (nSPS) is 12.6. The molecule has 0 radical (unpaired) electrons. The molecule has 1 unspecified atom stereocenters. The van der Waals surface area contributed by atoms with Crippen LogP contribution in [0.5, 0.6) is 5.75 Å². The fourth-order valence-electron chi connectivity index (χ4n) is 1.08. The Morgan fingerprint density at radius 3 is 2.53 bits per heavy atom. The van der Waals surface area contributed by atoms with Gasteiger partial charge in [-0.15, -0.1) is 0 Å². The largest absolute Gasteiger partial charge is 0.434 e. The van der Waals surface area contributed by atoms with Gasteiger partial charge in [-0.2, -0.15) is 8.78 Å². The first-order chi connectivity index (χ1) is 7.02. The van der Waals surface area contributed by atoms with E-state index in [0.29, 0.717) is 0 Å². The number of alkyl halides is 3. The van der Waals surface area contributed by atoms with Gasteiger partial charge in [0.05, 0.1) is 10.4 Å². The number of hydrogen-bond acceptors (Lipinski definition) is 2. The van der Waals surface area contributed by atoms with E-state index in [-0.39, 0.29) is 17.1 Å². The smallest absolute Gasteiger partial charge is 0.387 e. The maximum absolute atomic E-state index is 12.0. The quantitative estimate of drug-likeness (QED) is 0.624. The van der Waals surface area contributed by atoms with Crippen molar-refractivity contribution in [2.24, 2.45) is 0 Å². The molecule has 0 spiro atoms. The molecular weight excluding hydrogens is 270 g/mol. The van der Waals surface area contributed by atoms with Crippen LogP contribution in [0.25, 0.3) is 0 Å². The lowest BCUT2D eigenvalue weighted by molar-refractivity contribution is -0.0501. The molecule has 1 atom stereocenters. The van der Waals surface area contributed by atoms with Gasteiger partial charge in [-0.05, 0) is 19.1 Å². The number of para-hydroxylation sites is 1. The average molecular weight is 279 g/mol. The second-order valence-corrected chi connectivity index (χ2v) is 4.23. The Hall–Kier alpha value is -0.970. The molecule has 5 heteroatoms. The highest BCUT2D eigenvalue weighted by Gasteiger charge is 2.18. The van der Waals surface area contributed by atoms with E-state index in [1.165, 1.54) is 18.2 Å². The number of halogens is 3.